The quantitative estimate of drug-likeness (QED) is 0.796. The fourth-order valence-electron chi connectivity index (χ4n) is 3.56. The summed E-state index contributed by atoms with van der Waals surface area (Å²) in [5, 5.41) is 0. The van der Waals surface area contributed by atoms with Crippen molar-refractivity contribution in [2.75, 3.05) is 18.6 Å². The highest BCUT2D eigenvalue weighted by Gasteiger charge is 2.43. The summed E-state index contributed by atoms with van der Waals surface area (Å²) in [5.41, 5.74) is 2.25. The van der Waals surface area contributed by atoms with Crippen LogP contribution in [0.2, 0.25) is 0 Å². The molecule has 0 aliphatic carbocycles. The number of amides is 1. The summed E-state index contributed by atoms with van der Waals surface area (Å²) in [6.07, 6.45) is 0.103. The van der Waals surface area contributed by atoms with Gasteiger partial charge in [-0.05, 0) is 30.3 Å². The molecule has 26 heavy (non-hydrogen) atoms. The molecule has 0 N–H and O–H groups in total. The van der Waals surface area contributed by atoms with Gasteiger partial charge in [-0.1, -0.05) is 18.2 Å². The molecular formula is C20H16FNO4. The van der Waals surface area contributed by atoms with Gasteiger partial charge in [0.2, 0.25) is 5.91 Å². The fourth-order valence-corrected chi connectivity index (χ4v) is 3.56. The number of hydrogen-bond donors (Lipinski definition) is 0. The first kappa shape index (κ1) is 16.3. The van der Waals surface area contributed by atoms with E-state index in [1.54, 1.807) is 13.2 Å². The zero-order chi connectivity index (χ0) is 18.3. The van der Waals surface area contributed by atoms with Gasteiger partial charge in [0, 0.05) is 23.6 Å². The molecule has 2 aromatic rings. The van der Waals surface area contributed by atoms with Crippen molar-refractivity contribution in [1.82, 2.24) is 0 Å². The van der Waals surface area contributed by atoms with Crippen LogP contribution in [0.1, 0.15) is 17.9 Å². The van der Waals surface area contributed by atoms with E-state index in [-0.39, 0.29) is 18.9 Å². The molecule has 1 amide bonds. The molecule has 0 spiro atoms. The van der Waals surface area contributed by atoms with E-state index in [2.05, 4.69) is 0 Å². The molecular weight excluding hydrogens is 337 g/mol. The molecule has 0 saturated carbocycles. The van der Waals surface area contributed by atoms with E-state index in [4.69, 9.17) is 9.47 Å². The summed E-state index contributed by atoms with van der Waals surface area (Å²) < 4.78 is 23.9. The number of cyclic esters (lactones) is 1. The summed E-state index contributed by atoms with van der Waals surface area (Å²) >= 11 is 0. The highest BCUT2D eigenvalue weighted by Crippen LogP contribution is 2.44. The number of ether oxygens (including phenoxy) is 2. The Morgan fingerprint density at radius 3 is 2.58 bits per heavy atom. The molecule has 132 valence electrons. The van der Waals surface area contributed by atoms with Crippen molar-refractivity contribution in [3.8, 4) is 5.75 Å². The lowest BCUT2D eigenvalue weighted by Crippen LogP contribution is -2.37. The number of carbonyl (C=O) groups is 2. The molecule has 6 heteroatoms. The number of benzene rings is 2. The lowest BCUT2D eigenvalue weighted by molar-refractivity contribution is -0.136. The topological polar surface area (TPSA) is 55.8 Å². The molecule has 4 rings (SSSR count). The van der Waals surface area contributed by atoms with Gasteiger partial charge in [-0.3, -0.25) is 9.69 Å². The molecule has 0 unspecified atom stereocenters. The van der Waals surface area contributed by atoms with Crippen LogP contribution in [0.25, 0.3) is 0 Å². The second kappa shape index (κ2) is 6.29. The van der Waals surface area contributed by atoms with E-state index >= 15 is 0 Å². The fraction of sp³-hybridized carbons (Fsp3) is 0.200. The number of para-hydroxylation sites is 1. The number of anilines is 1. The molecule has 0 bridgehead atoms. The number of esters is 1. The molecule has 0 aromatic heterocycles. The third-order valence-electron chi connectivity index (χ3n) is 4.72. The average Bonchev–Trinajstić information content (AvgIpc) is 3.04. The minimum Gasteiger partial charge on any atom is -0.496 e. The Morgan fingerprint density at radius 1 is 1.12 bits per heavy atom. The third-order valence-corrected chi connectivity index (χ3v) is 4.72. The first-order chi connectivity index (χ1) is 12.6. The van der Waals surface area contributed by atoms with Gasteiger partial charge in [-0.15, -0.1) is 0 Å². The highest BCUT2D eigenvalue weighted by atomic mass is 19.1. The standard InChI is InChI=1S/C20H16FNO4/c1-25-17-5-3-2-4-14(17)15-10-18(23)22(13-8-6-12(21)7-9-13)16-11-26-20(24)19(15)16/h2-9,15H,10-11H2,1H3/t15-/m1/s1. The summed E-state index contributed by atoms with van der Waals surface area (Å²) in [5.74, 6) is -0.814. The second-order valence-electron chi connectivity index (χ2n) is 6.14. The number of rotatable bonds is 3. The maximum absolute atomic E-state index is 13.2. The first-order valence-corrected chi connectivity index (χ1v) is 8.21. The molecule has 0 radical (unpaired) electrons. The van der Waals surface area contributed by atoms with Crippen molar-refractivity contribution in [2.24, 2.45) is 0 Å². The number of nitrogens with zero attached hydrogens (tertiary/aromatic N) is 1. The minimum absolute atomic E-state index is 0.0168. The van der Waals surface area contributed by atoms with E-state index in [0.29, 0.717) is 22.7 Å². The van der Waals surface area contributed by atoms with E-state index in [0.717, 1.165) is 5.56 Å². The smallest absolute Gasteiger partial charge is 0.336 e. The zero-order valence-corrected chi connectivity index (χ0v) is 14.1. The van der Waals surface area contributed by atoms with Gasteiger partial charge in [0.1, 0.15) is 18.2 Å². The van der Waals surface area contributed by atoms with Crippen LogP contribution in [-0.4, -0.2) is 25.6 Å². The summed E-state index contributed by atoms with van der Waals surface area (Å²) in [7, 11) is 1.55. The predicted octanol–water partition coefficient (Wildman–Crippen LogP) is 3.17. The van der Waals surface area contributed by atoms with Crippen LogP contribution < -0.4 is 9.64 Å². The molecule has 2 aromatic carbocycles. The van der Waals surface area contributed by atoms with Crippen LogP contribution in [0.15, 0.2) is 59.8 Å². The normalized spacial score (nSPS) is 19.5. The summed E-state index contributed by atoms with van der Waals surface area (Å²) in [6.45, 7) is 0.0168. The summed E-state index contributed by atoms with van der Waals surface area (Å²) in [6, 6.07) is 12.9. The Bertz CT molecular complexity index is 920. The Hall–Kier alpha value is -3.15. The van der Waals surface area contributed by atoms with E-state index in [1.165, 1.54) is 29.2 Å². The van der Waals surface area contributed by atoms with Gasteiger partial charge in [0.05, 0.1) is 18.4 Å². The largest absolute Gasteiger partial charge is 0.496 e. The molecule has 5 nitrogen and oxygen atoms in total. The monoisotopic (exact) mass is 353 g/mol. The van der Waals surface area contributed by atoms with Gasteiger partial charge < -0.3 is 9.47 Å². The third kappa shape index (κ3) is 2.54. The van der Waals surface area contributed by atoms with Gasteiger partial charge in [0.25, 0.3) is 0 Å². The average molecular weight is 353 g/mol. The van der Waals surface area contributed by atoms with Crippen molar-refractivity contribution < 1.29 is 23.5 Å². The van der Waals surface area contributed by atoms with Crippen LogP contribution in [0.4, 0.5) is 10.1 Å². The van der Waals surface area contributed by atoms with E-state index in [9.17, 15) is 14.0 Å². The van der Waals surface area contributed by atoms with Gasteiger partial charge in [-0.25, -0.2) is 9.18 Å². The van der Waals surface area contributed by atoms with Crippen LogP contribution >= 0.6 is 0 Å². The van der Waals surface area contributed by atoms with Crippen LogP contribution in [0, 0.1) is 5.82 Å². The SMILES string of the molecule is COc1ccccc1[C@H]1CC(=O)N(c2ccc(F)cc2)C2=C1C(=O)OC2. The van der Waals surface area contributed by atoms with Crippen molar-refractivity contribution in [3.63, 3.8) is 0 Å². The second-order valence-corrected chi connectivity index (χ2v) is 6.14. The minimum atomic E-state index is -0.435. The molecule has 0 saturated heterocycles. The molecule has 0 fully saturated rings. The van der Waals surface area contributed by atoms with Crippen LogP contribution in [0.3, 0.4) is 0 Å². The number of hydrogen-bond acceptors (Lipinski definition) is 4. The maximum atomic E-state index is 13.2. The molecule has 2 heterocycles. The molecule has 2 aliphatic rings. The predicted molar refractivity (Wildman–Crippen MR) is 92.2 cm³/mol. The Morgan fingerprint density at radius 2 is 1.85 bits per heavy atom. The number of methoxy groups -OCH3 is 1. The van der Waals surface area contributed by atoms with Gasteiger partial charge in [0.15, 0.2) is 0 Å². The van der Waals surface area contributed by atoms with Crippen LogP contribution in [-0.2, 0) is 14.3 Å². The van der Waals surface area contributed by atoms with Gasteiger partial charge in [-0.2, -0.15) is 0 Å². The lowest BCUT2D eigenvalue weighted by Gasteiger charge is -2.32. The summed E-state index contributed by atoms with van der Waals surface area (Å²) in [4.78, 5) is 26.8. The van der Waals surface area contributed by atoms with Crippen LogP contribution in [0.5, 0.6) is 5.75 Å². The van der Waals surface area contributed by atoms with Crippen molar-refractivity contribution in [3.05, 3.63) is 71.2 Å². The first-order valence-electron chi connectivity index (χ1n) is 8.21. The molecule has 2 aliphatic heterocycles. The van der Waals surface area contributed by atoms with Crippen molar-refractivity contribution in [1.29, 1.82) is 0 Å². The van der Waals surface area contributed by atoms with Gasteiger partial charge >= 0.3 is 5.97 Å². The zero-order valence-electron chi connectivity index (χ0n) is 14.1. The highest BCUT2D eigenvalue weighted by molar-refractivity contribution is 6.06. The van der Waals surface area contributed by atoms with Crippen molar-refractivity contribution >= 4 is 17.6 Å². The van der Waals surface area contributed by atoms with Crippen molar-refractivity contribution in [2.45, 2.75) is 12.3 Å². The van der Waals surface area contributed by atoms with E-state index < -0.39 is 17.7 Å². The Labute approximate surface area is 149 Å². The number of halogens is 1. The number of carbonyl (C=O) groups excluding carboxylic acids is 2. The van der Waals surface area contributed by atoms with E-state index in [1.807, 2.05) is 18.2 Å². The molecule has 1 atom stereocenters. The lowest BCUT2D eigenvalue weighted by atomic mass is 9.83. The maximum Gasteiger partial charge on any atom is 0.336 e. The Balaban J connectivity index is 1.84. The Kier molecular flexibility index (Phi) is 3.95.